The molecule has 0 radical (unpaired) electrons. The van der Waals surface area contributed by atoms with Crippen LogP contribution >= 0.6 is 0 Å². The van der Waals surface area contributed by atoms with Crippen LogP contribution in [-0.4, -0.2) is 9.97 Å². The topological polar surface area (TPSA) is 25.8 Å². The molecule has 2 heteroatoms. The quantitative estimate of drug-likeness (QED) is 0.172. The smallest absolute Gasteiger partial charge is 0.0716 e. The van der Waals surface area contributed by atoms with Crippen molar-refractivity contribution in [3.05, 3.63) is 194 Å². The number of rotatable bonds is 5. The van der Waals surface area contributed by atoms with Gasteiger partial charge in [0.15, 0.2) is 0 Å². The maximum Gasteiger partial charge on any atom is 0.0716 e. The first-order chi connectivity index (χ1) is 25.8. The minimum atomic E-state index is 0.949. The maximum absolute atomic E-state index is 5.20. The molecule has 0 aliphatic carbocycles. The van der Waals surface area contributed by atoms with Gasteiger partial charge in [-0.15, -0.1) is 0 Å². The number of benzene rings is 8. The van der Waals surface area contributed by atoms with E-state index < -0.39 is 0 Å². The van der Waals surface area contributed by atoms with Crippen LogP contribution in [0.2, 0.25) is 0 Å². The van der Waals surface area contributed by atoms with Crippen molar-refractivity contribution in [2.24, 2.45) is 0 Å². The summed E-state index contributed by atoms with van der Waals surface area (Å²) in [6.45, 7) is 0. The van der Waals surface area contributed by atoms with Gasteiger partial charge < -0.3 is 0 Å². The van der Waals surface area contributed by atoms with Gasteiger partial charge in [-0.05, 0) is 119 Å². The zero-order valence-electron chi connectivity index (χ0n) is 28.4. The monoisotopic (exact) mass is 660 g/mol. The normalized spacial score (nSPS) is 11.5. The second-order valence-electron chi connectivity index (χ2n) is 13.4. The highest BCUT2D eigenvalue weighted by atomic mass is 14.7. The molecule has 2 aromatic heterocycles. The third-order valence-corrected chi connectivity index (χ3v) is 10.4. The summed E-state index contributed by atoms with van der Waals surface area (Å²) >= 11 is 0. The summed E-state index contributed by atoms with van der Waals surface area (Å²) in [5.41, 5.74) is 12.4. The summed E-state index contributed by atoms with van der Waals surface area (Å²) in [7, 11) is 0. The lowest BCUT2D eigenvalue weighted by atomic mass is 9.91. The standard InChI is InChI=1S/C50H32N2/c1-2-16-40(39(15-1)33-25-27-51-28-26-33)48-32-50(52-49-22-8-7-21-46(48)49)38-14-10-13-36(30-38)34-11-9-12-35(29-34)37-23-24-45-43-19-4-3-17-41(43)42-18-5-6-20-44(42)47(45)31-37/h1-32H. The Morgan fingerprint density at radius 1 is 0.269 bits per heavy atom. The van der Waals surface area contributed by atoms with Crippen LogP contribution in [-0.2, 0) is 0 Å². The predicted molar refractivity (Wildman–Crippen MR) is 219 cm³/mol. The molecule has 2 heterocycles. The van der Waals surface area contributed by atoms with E-state index in [4.69, 9.17) is 4.98 Å². The molecule has 242 valence electrons. The van der Waals surface area contributed by atoms with Gasteiger partial charge in [0.2, 0.25) is 0 Å². The molecule has 10 aromatic rings. The van der Waals surface area contributed by atoms with Crippen molar-refractivity contribution in [1.29, 1.82) is 0 Å². The molecule has 0 amide bonds. The molecule has 0 aliphatic heterocycles. The Morgan fingerprint density at radius 2 is 0.769 bits per heavy atom. The Kier molecular flexibility index (Phi) is 7.18. The van der Waals surface area contributed by atoms with Crippen LogP contribution in [0.5, 0.6) is 0 Å². The zero-order chi connectivity index (χ0) is 34.4. The molecule has 52 heavy (non-hydrogen) atoms. The van der Waals surface area contributed by atoms with Crippen molar-refractivity contribution in [1.82, 2.24) is 9.97 Å². The highest BCUT2D eigenvalue weighted by molar-refractivity contribution is 6.25. The van der Waals surface area contributed by atoms with Crippen LogP contribution in [0.25, 0.3) is 99.0 Å². The molecule has 0 atom stereocenters. The molecular weight excluding hydrogens is 629 g/mol. The molecule has 0 bridgehead atoms. The van der Waals surface area contributed by atoms with Gasteiger partial charge in [-0.2, -0.15) is 0 Å². The van der Waals surface area contributed by atoms with E-state index in [-0.39, 0.29) is 0 Å². The van der Waals surface area contributed by atoms with E-state index in [1.54, 1.807) is 0 Å². The van der Waals surface area contributed by atoms with E-state index in [1.807, 2.05) is 12.4 Å². The lowest BCUT2D eigenvalue weighted by molar-refractivity contribution is 1.33. The van der Waals surface area contributed by atoms with E-state index in [0.717, 1.165) is 38.9 Å². The second kappa shape index (κ2) is 12.5. The number of nitrogens with zero attached hydrogens (tertiary/aromatic N) is 2. The molecule has 0 spiro atoms. The summed E-state index contributed by atoms with van der Waals surface area (Å²) in [6, 6.07) is 65.6. The molecule has 2 nitrogen and oxygen atoms in total. The fourth-order valence-electron chi connectivity index (χ4n) is 7.87. The number of aromatic nitrogens is 2. The van der Waals surface area contributed by atoms with Gasteiger partial charge in [0.05, 0.1) is 11.2 Å². The van der Waals surface area contributed by atoms with Crippen molar-refractivity contribution in [3.63, 3.8) is 0 Å². The fraction of sp³-hybridized carbons (Fsp3) is 0. The van der Waals surface area contributed by atoms with Crippen LogP contribution in [0, 0.1) is 0 Å². The molecule has 8 aromatic carbocycles. The van der Waals surface area contributed by atoms with Crippen LogP contribution in [0.1, 0.15) is 0 Å². The van der Waals surface area contributed by atoms with E-state index in [1.165, 1.54) is 60.1 Å². The van der Waals surface area contributed by atoms with Gasteiger partial charge in [0.1, 0.15) is 0 Å². The van der Waals surface area contributed by atoms with E-state index in [2.05, 4.69) is 187 Å². The summed E-state index contributed by atoms with van der Waals surface area (Å²) in [4.78, 5) is 9.45. The molecule has 0 N–H and O–H groups in total. The Hall–Kier alpha value is -6.90. The molecule has 0 fully saturated rings. The number of pyridine rings is 2. The predicted octanol–water partition coefficient (Wildman–Crippen LogP) is 13.4. The van der Waals surface area contributed by atoms with Gasteiger partial charge in [-0.25, -0.2) is 4.98 Å². The molecule has 0 unspecified atom stereocenters. The van der Waals surface area contributed by atoms with E-state index in [9.17, 15) is 0 Å². The SMILES string of the molecule is c1cc(-c2cccc(-c3cc(-c4ccccc4-c4ccncc4)c4ccccc4n3)c2)cc(-c2ccc3c4ccccc4c4ccccc4c3c2)c1. The fourth-order valence-corrected chi connectivity index (χ4v) is 7.87. The largest absolute Gasteiger partial charge is 0.265 e. The average Bonchev–Trinajstić information content (AvgIpc) is 3.23. The van der Waals surface area contributed by atoms with E-state index >= 15 is 0 Å². The second-order valence-corrected chi connectivity index (χ2v) is 13.4. The minimum absolute atomic E-state index is 0.949. The number of fused-ring (bicyclic) bond motifs is 7. The van der Waals surface area contributed by atoms with Crippen LogP contribution in [0.4, 0.5) is 0 Å². The van der Waals surface area contributed by atoms with Gasteiger partial charge >= 0.3 is 0 Å². The lowest BCUT2D eigenvalue weighted by Gasteiger charge is -2.15. The minimum Gasteiger partial charge on any atom is -0.265 e. The highest BCUT2D eigenvalue weighted by Crippen LogP contribution is 2.40. The molecular formula is C50H32N2. The van der Waals surface area contributed by atoms with Crippen molar-refractivity contribution >= 4 is 43.2 Å². The van der Waals surface area contributed by atoms with Crippen LogP contribution in [0.3, 0.4) is 0 Å². The van der Waals surface area contributed by atoms with Gasteiger partial charge in [-0.1, -0.05) is 140 Å². The van der Waals surface area contributed by atoms with Crippen LogP contribution < -0.4 is 0 Å². The summed E-state index contributed by atoms with van der Waals surface area (Å²) in [5, 5.41) is 8.86. The third-order valence-electron chi connectivity index (χ3n) is 10.4. The first-order valence-electron chi connectivity index (χ1n) is 17.7. The lowest BCUT2D eigenvalue weighted by Crippen LogP contribution is -1.92. The third kappa shape index (κ3) is 5.12. The van der Waals surface area contributed by atoms with Gasteiger partial charge in [-0.3, -0.25) is 4.98 Å². The summed E-state index contributed by atoms with van der Waals surface area (Å²) < 4.78 is 0. The van der Waals surface area contributed by atoms with Crippen molar-refractivity contribution in [3.8, 4) is 55.8 Å². The maximum atomic E-state index is 5.20. The number of hydrogen-bond acceptors (Lipinski definition) is 2. The van der Waals surface area contributed by atoms with Crippen molar-refractivity contribution in [2.45, 2.75) is 0 Å². The average molecular weight is 661 g/mol. The van der Waals surface area contributed by atoms with Crippen molar-refractivity contribution in [2.75, 3.05) is 0 Å². The first-order valence-corrected chi connectivity index (χ1v) is 17.7. The first kappa shape index (κ1) is 30.0. The van der Waals surface area contributed by atoms with Crippen molar-refractivity contribution < 1.29 is 0 Å². The Bertz CT molecular complexity index is 2930. The molecule has 10 rings (SSSR count). The highest BCUT2D eigenvalue weighted by Gasteiger charge is 2.15. The summed E-state index contributed by atoms with van der Waals surface area (Å²) in [5.74, 6) is 0. The Balaban J connectivity index is 1.07. The zero-order valence-corrected chi connectivity index (χ0v) is 28.4. The molecule has 0 saturated heterocycles. The summed E-state index contributed by atoms with van der Waals surface area (Å²) in [6.07, 6.45) is 3.71. The molecule has 0 aliphatic rings. The van der Waals surface area contributed by atoms with Gasteiger partial charge in [0, 0.05) is 23.3 Å². The Labute approximate surface area is 302 Å². The number of hydrogen-bond donors (Lipinski definition) is 0. The molecule has 0 saturated carbocycles. The number of para-hydroxylation sites is 1. The van der Waals surface area contributed by atoms with E-state index in [0.29, 0.717) is 0 Å². The van der Waals surface area contributed by atoms with Crippen LogP contribution in [0.15, 0.2) is 194 Å². The Morgan fingerprint density at radius 3 is 1.44 bits per heavy atom. The van der Waals surface area contributed by atoms with Gasteiger partial charge in [0.25, 0.3) is 0 Å².